The molecule has 19 heavy (non-hydrogen) atoms. The minimum Gasteiger partial charge on any atom is -0.376 e. The SMILES string of the molecule is CC1SCCSC1c1nc2c(c(NN)n1)COCC2. The predicted octanol–water partition coefficient (Wildman–Crippen LogP) is 1.74. The van der Waals surface area contributed by atoms with E-state index in [4.69, 9.17) is 15.6 Å². The molecule has 2 atom stereocenters. The lowest BCUT2D eigenvalue weighted by Crippen LogP contribution is -2.24. The summed E-state index contributed by atoms with van der Waals surface area (Å²) in [5, 5.41) is 0.904. The number of hydrazine groups is 1. The third kappa shape index (κ3) is 2.69. The Kier molecular flexibility index (Phi) is 4.16. The normalized spacial score (nSPS) is 26.8. The van der Waals surface area contributed by atoms with E-state index in [0.29, 0.717) is 17.1 Å². The summed E-state index contributed by atoms with van der Waals surface area (Å²) in [6.07, 6.45) is 0.846. The summed E-state index contributed by atoms with van der Waals surface area (Å²) in [7, 11) is 0. The lowest BCUT2D eigenvalue weighted by molar-refractivity contribution is 0.109. The number of anilines is 1. The standard InChI is InChI=1S/C12H18N4OS2/c1-7-10(19-5-4-18-7)12-14-9-2-3-17-6-8(9)11(15-12)16-13/h7,10H,2-6,13H2,1H3,(H,14,15,16). The molecule has 1 saturated heterocycles. The van der Waals surface area contributed by atoms with Gasteiger partial charge in [0.05, 0.1) is 24.2 Å². The Morgan fingerprint density at radius 2 is 2.16 bits per heavy atom. The van der Waals surface area contributed by atoms with Crippen LogP contribution >= 0.6 is 23.5 Å². The zero-order valence-corrected chi connectivity index (χ0v) is 12.5. The largest absolute Gasteiger partial charge is 0.376 e. The highest BCUT2D eigenvalue weighted by atomic mass is 32.2. The number of thioether (sulfide) groups is 2. The van der Waals surface area contributed by atoms with Crippen molar-refractivity contribution in [3.05, 3.63) is 17.1 Å². The monoisotopic (exact) mass is 298 g/mol. The zero-order chi connectivity index (χ0) is 13.2. The summed E-state index contributed by atoms with van der Waals surface area (Å²) < 4.78 is 5.46. The first kappa shape index (κ1) is 13.5. The number of nitrogen functional groups attached to an aromatic ring is 1. The van der Waals surface area contributed by atoms with Gasteiger partial charge < -0.3 is 10.2 Å². The molecule has 1 fully saturated rings. The maximum absolute atomic E-state index is 5.60. The van der Waals surface area contributed by atoms with Gasteiger partial charge in [-0.15, -0.1) is 11.8 Å². The molecule has 1 aromatic rings. The van der Waals surface area contributed by atoms with Crippen molar-refractivity contribution >= 4 is 29.3 Å². The lowest BCUT2D eigenvalue weighted by Gasteiger charge is -2.28. The summed E-state index contributed by atoms with van der Waals surface area (Å²) in [5.41, 5.74) is 4.81. The first-order valence-corrected chi connectivity index (χ1v) is 8.56. The summed E-state index contributed by atoms with van der Waals surface area (Å²) in [6, 6.07) is 0. The molecule has 3 N–H and O–H groups in total. The number of ether oxygens (including phenoxy) is 1. The number of fused-ring (bicyclic) bond motifs is 1. The van der Waals surface area contributed by atoms with Crippen LogP contribution in [-0.2, 0) is 17.8 Å². The van der Waals surface area contributed by atoms with E-state index >= 15 is 0 Å². The number of nitrogens with one attached hydrogen (secondary N) is 1. The Bertz CT molecular complexity index is 454. The third-order valence-corrected chi connectivity index (χ3v) is 6.51. The fourth-order valence-corrected chi connectivity index (χ4v) is 5.10. The molecule has 0 saturated carbocycles. The van der Waals surface area contributed by atoms with E-state index in [9.17, 15) is 0 Å². The summed E-state index contributed by atoms with van der Waals surface area (Å²) in [6.45, 7) is 3.54. The summed E-state index contributed by atoms with van der Waals surface area (Å²) in [4.78, 5) is 9.39. The van der Waals surface area contributed by atoms with E-state index < -0.39 is 0 Å². The first-order chi connectivity index (χ1) is 9.29. The second-order valence-corrected chi connectivity index (χ2v) is 7.40. The molecular formula is C12H18N4OS2. The Balaban J connectivity index is 1.97. The number of nitrogens with two attached hydrogens (primary N) is 1. The zero-order valence-electron chi connectivity index (χ0n) is 10.9. The van der Waals surface area contributed by atoms with E-state index in [1.807, 2.05) is 23.5 Å². The number of aromatic nitrogens is 2. The first-order valence-electron chi connectivity index (χ1n) is 6.47. The number of rotatable bonds is 2. The molecule has 0 radical (unpaired) electrons. The molecule has 7 heteroatoms. The van der Waals surface area contributed by atoms with Crippen molar-refractivity contribution in [1.29, 1.82) is 0 Å². The molecule has 3 heterocycles. The lowest BCUT2D eigenvalue weighted by atomic mass is 10.1. The van der Waals surface area contributed by atoms with Gasteiger partial charge in [-0.2, -0.15) is 11.8 Å². The molecular weight excluding hydrogens is 280 g/mol. The smallest absolute Gasteiger partial charge is 0.149 e. The van der Waals surface area contributed by atoms with Crippen molar-refractivity contribution in [2.75, 3.05) is 23.5 Å². The van der Waals surface area contributed by atoms with Crippen LogP contribution in [0.15, 0.2) is 0 Å². The van der Waals surface area contributed by atoms with Crippen LogP contribution in [0.1, 0.15) is 29.3 Å². The fraction of sp³-hybridized carbons (Fsp3) is 0.667. The topological polar surface area (TPSA) is 73.1 Å². The minimum atomic E-state index is 0.360. The van der Waals surface area contributed by atoms with Gasteiger partial charge in [0.2, 0.25) is 0 Å². The van der Waals surface area contributed by atoms with Crippen LogP contribution in [0.4, 0.5) is 5.82 Å². The quantitative estimate of drug-likeness (QED) is 0.636. The van der Waals surface area contributed by atoms with Crippen molar-refractivity contribution in [1.82, 2.24) is 9.97 Å². The molecule has 3 rings (SSSR count). The maximum atomic E-state index is 5.60. The molecule has 0 bridgehead atoms. The molecule has 0 aliphatic carbocycles. The van der Waals surface area contributed by atoms with Crippen LogP contribution in [0, 0.1) is 0 Å². The van der Waals surface area contributed by atoms with E-state index in [2.05, 4.69) is 17.3 Å². The summed E-state index contributed by atoms with van der Waals surface area (Å²) in [5.74, 6) is 9.61. The number of hydrogen-bond donors (Lipinski definition) is 2. The second kappa shape index (κ2) is 5.87. The van der Waals surface area contributed by atoms with Gasteiger partial charge in [0.25, 0.3) is 0 Å². The Hall–Kier alpha value is -0.500. The van der Waals surface area contributed by atoms with E-state index in [1.54, 1.807) is 0 Å². The molecule has 0 spiro atoms. The van der Waals surface area contributed by atoms with Gasteiger partial charge in [-0.25, -0.2) is 15.8 Å². The van der Waals surface area contributed by atoms with Crippen LogP contribution < -0.4 is 11.3 Å². The Morgan fingerprint density at radius 1 is 1.32 bits per heavy atom. The van der Waals surface area contributed by atoms with E-state index in [0.717, 1.165) is 41.7 Å². The third-order valence-electron chi connectivity index (χ3n) is 3.42. The molecule has 0 aromatic carbocycles. The molecule has 2 aliphatic heterocycles. The van der Waals surface area contributed by atoms with Crippen molar-refractivity contribution < 1.29 is 4.74 Å². The average Bonchev–Trinajstić information content (AvgIpc) is 2.46. The molecule has 2 aliphatic rings. The molecule has 5 nitrogen and oxygen atoms in total. The van der Waals surface area contributed by atoms with E-state index in [-0.39, 0.29) is 0 Å². The van der Waals surface area contributed by atoms with Gasteiger partial charge in [-0.3, -0.25) is 0 Å². The van der Waals surface area contributed by atoms with Gasteiger partial charge >= 0.3 is 0 Å². The van der Waals surface area contributed by atoms with Gasteiger partial charge in [-0.05, 0) is 0 Å². The van der Waals surface area contributed by atoms with Gasteiger partial charge in [-0.1, -0.05) is 6.92 Å². The molecule has 0 amide bonds. The van der Waals surface area contributed by atoms with Crippen LogP contribution in [0.2, 0.25) is 0 Å². The average molecular weight is 298 g/mol. The highest BCUT2D eigenvalue weighted by molar-refractivity contribution is 8.06. The number of hydrogen-bond acceptors (Lipinski definition) is 7. The number of nitrogens with zero attached hydrogens (tertiary/aromatic N) is 2. The van der Waals surface area contributed by atoms with Crippen LogP contribution in [0.5, 0.6) is 0 Å². The van der Waals surface area contributed by atoms with Gasteiger partial charge in [0, 0.05) is 28.7 Å². The van der Waals surface area contributed by atoms with Crippen LogP contribution in [0.25, 0.3) is 0 Å². The Labute approximate surface area is 121 Å². The highest BCUT2D eigenvalue weighted by Gasteiger charge is 2.28. The second-order valence-electron chi connectivity index (χ2n) is 4.67. The molecule has 1 aromatic heterocycles. The molecule has 2 unspecified atom stereocenters. The van der Waals surface area contributed by atoms with E-state index in [1.165, 1.54) is 5.75 Å². The fourth-order valence-electron chi connectivity index (χ4n) is 2.41. The van der Waals surface area contributed by atoms with Crippen molar-refractivity contribution in [3.63, 3.8) is 0 Å². The Morgan fingerprint density at radius 3 is 2.95 bits per heavy atom. The van der Waals surface area contributed by atoms with Crippen molar-refractivity contribution in [3.8, 4) is 0 Å². The summed E-state index contributed by atoms with van der Waals surface area (Å²) >= 11 is 3.94. The van der Waals surface area contributed by atoms with Crippen molar-refractivity contribution in [2.24, 2.45) is 5.84 Å². The highest BCUT2D eigenvalue weighted by Crippen LogP contribution is 2.41. The predicted molar refractivity (Wildman–Crippen MR) is 80.3 cm³/mol. The van der Waals surface area contributed by atoms with Crippen LogP contribution in [0.3, 0.4) is 0 Å². The van der Waals surface area contributed by atoms with Gasteiger partial charge in [0.1, 0.15) is 11.6 Å². The minimum absolute atomic E-state index is 0.360. The van der Waals surface area contributed by atoms with Gasteiger partial charge in [0.15, 0.2) is 0 Å². The van der Waals surface area contributed by atoms with Crippen molar-refractivity contribution in [2.45, 2.75) is 30.5 Å². The van der Waals surface area contributed by atoms with Crippen LogP contribution in [-0.4, -0.2) is 33.3 Å². The maximum Gasteiger partial charge on any atom is 0.149 e. The molecule has 104 valence electrons.